The minimum atomic E-state index is -0.689. The number of hydrogen-bond acceptors (Lipinski definition) is 2. The van der Waals surface area contributed by atoms with Gasteiger partial charge in [0.15, 0.2) is 0 Å². The van der Waals surface area contributed by atoms with E-state index < -0.39 is 5.97 Å². The van der Waals surface area contributed by atoms with E-state index in [4.69, 9.17) is 5.11 Å². The lowest BCUT2D eigenvalue weighted by atomic mass is 10.1. The Bertz CT molecular complexity index is 267. The van der Waals surface area contributed by atoms with Crippen molar-refractivity contribution in [2.24, 2.45) is 0 Å². The molecule has 0 heterocycles. The Labute approximate surface area is 152 Å². The van der Waals surface area contributed by atoms with Crippen LogP contribution < -0.4 is 0 Å². The first-order chi connectivity index (χ1) is 10.2. The predicted molar refractivity (Wildman–Crippen MR) is 94.2 cm³/mol. The highest BCUT2D eigenvalue weighted by atomic mass is 24.3. The number of aliphatic hydroxyl groups excluding tert-OH is 1. The van der Waals surface area contributed by atoms with Gasteiger partial charge < -0.3 is 10.2 Å². The SMILES string of the molecule is CCCCCC[C@@H](O)C/C=C\CCCCCCCC(=O)O.[Mg]. The Hall–Kier alpha value is -0.0638. The largest absolute Gasteiger partial charge is 0.481 e. The number of unbranched alkanes of at least 4 members (excludes halogenated alkanes) is 8. The summed E-state index contributed by atoms with van der Waals surface area (Å²) < 4.78 is 0. The highest BCUT2D eigenvalue weighted by Crippen LogP contribution is 2.10. The zero-order chi connectivity index (χ0) is 15.8. The van der Waals surface area contributed by atoms with Crippen LogP contribution in [0, 0.1) is 0 Å². The zero-order valence-corrected chi connectivity index (χ0v) is 15.8. The fourth-order valence-electron chi connectivity index (χ4n) is 2.36. The average molecular weight is 323 g/mol. The summed E-state index contributed by atoms with van der Waals surface area (Å²) in [6, 6.07) is 0. The molecule has 0 rings (SSSR count). The van der Waals surface area contributed by atoms with Crippen LogP contribution in [0.4, 0.5) is 0 Å². The predicted octanol–water partition coefficient (Wildman–Crippen LogP) is 4.70. The lowest BCUT2D eigenvalue weighted by Crippen LogP contribution is -2.04. The van der Waals surface area contributed by atoms with E-state index in [1.165, 1.54) is 25.7 Å². The molecule has 0 unspecified atom stereocenters. The fourth-order valence-corrected chi connectivity index (χ4v) is 2.36. The molecule has 0 spiro atoms. The van der Waals surface area contributed by atoms with Gasteiger partial charge in [-0.25, -0.2) is 0 Å². The lowest BCUT2D eigenvalue weighted by Gasteiger charge is -2.07. The molecule has 0 aromatic rings. The summed E-state index contributed by atoms with van der Waals surface area (Å²) in [5, 5.41) is 18.3. The average Bonchev–Trinajstić information content (AvgIpc) is 2.45. The molecule has 0 aliphatic rings. The second kappa shape index (κ2) is 19.0. The van der Waals surface area contributed by atoms with E-state index in [-0.39, 0.29) is 29.2 Å². The van der Waals surface area contributed by atoms with Crippen LogP contribution in [-0.2, 0) is 4.79 Å². The Morgan fingerprint density at radius 3 is 2.27 bits per heavy atom. The number of carboxylic acid groups (broad SMARTS) is 1. The van der Waals surface area contributed by atoms with Crippen molar-refractivity contribution in [3.8, 4) is 0 Å². The molecule has 2 radical (unpaired) electrons. The van der Waals surface area contributed by atoms with Crippen molar-refractivity contribution < 1.29 is 15.0 Å². The number of aliphatic hydroxyl groups is 1. The molecule has 0 fully saturated rings. The molecule has 3 nitrogen and oxygen atoms in total. The first-order valence-corrected chi connectivity index (χ1v) is 8.71. The number of carboxylic acids is 1. The second-order valence-electron chi connectivity index (χ2n) is 5.91. The number of aliphatic carboxylic acids is 1. The number of carbonyl (C=O) groups is 1. The maximum atomic E-state index is 10.3. The summed E-state index contributed by atoms with van der Waals surface area (Å²) in [5.74, 6) is -0.689. The van der Waals surface area contributed by atoms with E-state index in [2.05, 4.69) is 19.1 Å². The Morgan fingerprint density at radius 2 is 1.59 bits per heavy atom. The van der Waals surface area contributed by atoms with Crippen molar-refractivity contribution in [3.63, 3.8) is 0 Å². The molecule has 2 N–H and O–H groups in total. The maximum Gasteiger partial charge on any atom is 0.303 e. The van der Waals surface area contributed by atoms with Gasteiger partial charge in [0.25, 0.3) is 0 Å². The van der Waals surface area contributed by atoms with E-state index in [0.717, 1.165) is 51.4 Å². The minimum Gasteiger partial charge on any atom is -0.481 e. The molecular weight excluding hydrogens is 288 g/mol. The van der Waals surface area contributed by atoms with Crippen molar-refractivity contribution in [1.29, 1.82) is 0 Å². The summed E-state index contributed by atoms with van der Waals surface area (Å²) in [5.41, 5.74) is 0. The maximum absolute atomic E-state index is 10.3. The third kappa shape index (κ3) is 19.9. The van der Waals surface area contributed by atoms with Crippen molar-refractivity contribution >= 4 is 29.0 Å². The minimum absolute atomic E-state index is 0. The van der Waals surface area contributed by atoms with E-state index in [1.54, 1.807) is 0 Å². The van der Waals surface area contributed by atoms with Gasteiger partial charge in [0, 0.05) is 29.5 Å². The van der Waals surface area contributed by atoms with Gasteiger partial charge in [0.2, 0.25) is 0 Å². The highest BCUT2D eigenvalue weighted by Gasteiger charge is 2.00. The number of rotatable bonds is 15. The first-order valence-electron chi connectivity index (χ1n) is 8.71. The fraction of sp³-hybridized carbons (Fsp3) is 0.833. The van der Waals surface area contributed by atoms with Crippen LogP contribution in [0.2, 0.25) is 0 Å². The molecule has 0 aliphatic carbocycles. The van der Waals surface area contributed by atoms with Crippen molar-refractivity contribution in [3.05, 3.63) is 12.2 Å². The third-order valence-corrected chi connectivity index (χ3v) is 3.73. The van der Waals surface area contributed by atoms with E-state index in [9.17, 15) is 9.90 Å². The topological polar surface area (TPSA) is 57.5 Å². The Morgan fingerprint density at radius 1 is 0.955 bits per heavy atom. The van der Waals surface area contributed by atoms with Crippen LogP contribution in [0.5, 0.6) is 0 Å². The molecule has 0 aromatic heterocycles. The van der Waals surface area contributed by atoms with Crippen molar-refractivity contribution in [2.75, 3.05) is 0 Å². The molecule has 0 saturated heterocycles. The Balaban J connectivity index is 0. The molecule has 4 heteroatoms. The molecule has 0 bridgehead atoms. The van der Waals surface area contributed by atoms with Gasteiger partial charge in [-0.3, -0.25) is 4.79 Å². The van der Waals surface area contributed by atoms with E-state index in [1.807, 2.05) is 0 Å². The van der Waals surface area contributed by atoms with Gasteiger partial charge in [-0.15, -0.1) is 0 Å². The number of hydrogen-bond donors (Lipinski definition) is 2. The van der Waals surface area contributed by atoms with Gasteiger partial charge >= 0.3 is 5.97 Å². The van der Waals surface area contributed by atoms with Crippen LogP contribution in [-0.4, -0.2) is 45.3 Å². The van der Waals surface area contributed by atoms with Crippen molar-refractivity contribution in [2.45, 2.75) is 96.5 Å². The molecule has 0 aliphatic heterocycles. The van der Waals surface area contributed by atoms with Crippen molar-refractivity contribution in [1.82, 2.24) is 0 Å². The van der Waals surface area contributed by atoms with Crippen LogP contribution in [0.1, 0.15) is 90.4 Å². The van der Waals surface area contributed by atoms with Crippen LogP contribution >= 0.6 is 0 Å². The highest BCUT2D eigenvalue weighted by molar-refractivity contribution is 5.75. The van der Waals surface area contributed by atoms with Crippen LogP contribution in [0.15, 0.2) is 12.2 Å². The van der Waals surface area contributed by atoms with Gasteiger partial charge in [-0.2, -0.15) is 0 Å². The van der Waals surface area contributed by atoms with E-state index >= 15 is 0 Å². The summed E-state index contributed by atoms with van der Waals surface area (Å²) in [6.07, 6.45) is 17.4. The van der Waals surface area contributed by atoms with Gasteiger partial charge in [-0.1, -0.05) is 64.0 Å². The zero-order valence-electron chi connectivity index (χ0n) is 14.4. The normalized spacial score (nSPS) is 12.3. The molecule has 1 atom stereocenters. The lowest BCUT2D eigenvalue weighted by molar-refractivity contribution is -0.137. The quantitative estimate of drug-likeness (QED) is 0.261. The van der Waals surface area contributed by atoms with Gasteiger partial charge in [-0.05, 0) is 32.1 Å². The summed E-state index contributed by atoms with van der Waals surface area (Å²) >= 11 is 0. The first kappa shape index (κ1) is 24.2. The van der Waals surface area contributed by atoms with Gasteiger partial charge in [0.1, 0.15) is 0 Å². The third-order valence-electron chi connectivity index (χ3n) is 3.73. The van der Waals surface area contributed by atoms with E-state index in [0.29, 0.717) is 6.42 Å². The van der Waals surface area contributed by atoms with Crippen LogP contribution in [0.3, 0.4) is 0 Å². The molecular formula is C18H34MgO3. The molecule has 22 heavy (non-hydrogen) atoms. The van der Waals surface area contributed by atoms with Crippen LogP contribution in [0.25, 0.3) is 0 Å². The second-order valence-corrected chi connectivity index (χ2v) is 5.91. The summed E-state index contributed by atoms with van der Waals surface area (Å²) in [4.78, 5) is 10.3. The molecule has 0 aromatic carbocycles. The summed E-state index contributed by atoms with van der Waals surface area (Å²) in [6.45, 7) is 2.20. The molecule has 0 saturated carbocycles. The Kier molecular flexibility index (Phi) is 20.9. The monoisotopic (exact) mass is 322 g/mol. The smallest absolute Gasteiger partial charge is 0.303 e. The standard InChI is InChI=1S/C18H34O3.Mg/c1-2-3-4-11-14-17(19)15-12-9-7-5-6-8-10-13-16-18(20)21;/h9,12,17,19H,2-8,10-11,13-16H2,1H3,(H,20,21);/b12-9-;/t17-;/m1./s1. The summed E-state index contributed by atoms with van der Waals surface area (Å²) in [7, 11) is 0. The molecule has 0 amide bonds. The molecule has 126 valence electrons. The number of allylic oxidation sites excluding steroid dienone is 1. The van der Waals surface area contributed by atoms with Gasteiger partial charge in [0.05, 0.1) is 6.10 Å².